The van der Waals surface area contributed by atoms with Gasteiger partial charge >= 0.3 is 8.56 Å². The smallest absolute Gasteiger partial charge is 0.310 e. The molecule has 0 bridgehead atoms. The molecule has 0 aromatic carbocycles. The highest BCUT2D eigenvalue weighted by atomic mass is 28.5. The average Bonchev–Trinajstić information content (AvgIpc) is 2.17. The lowest BCUT2D eigenvalue weighted by Crippen LogP contribution is -2.42. The van der Waals surface area contributed by atoms with Gasteiger partial charge in [-0.2, -0.15) is 0 Å². The van der Waals surface area contributed by atoms with Crippen LogP contribution in [0.5, 0.6) is 0 Å². The predicted octanol–water partition coefficient (Wildman–Crippen LogP) is 4.09. The minimum atomic E-state index is -1.71. The van der Waals surface area contributed by atoms with E-state index in [1.54, 1.807) is 0 Å². The van der Waals surface area contributed by atoms with Crippen LogP contribution in [0.1, 0.15) is 0 Å². The largest absolute Gasteiger partial charge is 0.440 e. The first kappa shape index (κ1) is 29.5. The third kappa shape index (κ3) is 23.4. The molecule has 5 nitrogen and oxygen atoms in total. The molecule has 2 atom stereocenters. The first-order valence-corrected chi connectivity index (χ1v) is 29.1. The summed E-state index contributed by atoms with van der Waals surface area (Å²) in [5, 5.41) is 0. The first-order valence-electron chi connectivity index (χ1n) is 9.69. The van der Waals surface area contributed by atoms with Crippen molar-refractivity contribution in [2.75, 3.05) is 0 Å². The van der Waals surface area contributed by atoms with Gasteiger partial charge in [-0.05, 0) is 91.7 Å². The Morgan fingerprint density at radius 1 is 0.462 bits per heavy atom. The van der Waals surface area contributed by atoms with Gasteiger partial charge in [-0.1, -0.05) is 0 Å². The Morgan fingerprint density at radius 2 is 0.731 bits per heavy atom. The van der Waals surface area contributed by atoms with Gasteiger partial charge in [-0.15, -0.1) is 0 Å². The van der Waals surface area contributed by atoms with Crippen LogP contribution in [0.2, 0.25) is 91.7 Å². The van der Waals surface area contributed by atoms with Crippen molar-refractivity contribution in [3.63, 3.8) is 0 Å². The highest BCUT2D eigenvalue weighted by molar-refractivity contribution is 6.79. The molecule has 0 radical (unpaired) electrons. The van der Waals surface area contributed by atoms with E-state index in [0.29, 0.717) is 0 Å². The van der Waals surface area contributed by atoms with E-state index in [4.69, 9.17) is 20.6 Å². The van der Waals surface area contributed by atoms with Crippen molar-refractivity contribution in [2.45, 2.75) is 91.7 Å². The third-order valence-corrected chi connectivity index (χ3v) is 22.2. The molecule has 0 aliphatic carbocycles. The Bertz CT molecular complexity index is 338. The van der Waals surface area contributed by atoms with Gasteiger partial charge in [-0.3, -0.25) is 0 Å². The van der Waals surface area contributed by atoms with E-state index < -0.39 is 61.8 Å². The molecule has 0 saturated carbocycles. The topological polar surface area (TPSA) is 46.2 Å². The lowest BCUT2D eigenvalue weighted by molar-refractivity contribution is 0.375. The lowest BCUT2D eigenvalue weighted by Gasteiger charge is -2.28. The van der Waals surface area contributed by atoms with Crippen LogP contribution in [-0.2, 0) is 20.6 Å². The van der Waals surface area contributed by atoms with Crippen molar-refractivity contribution in [1.82, 2.24) is 0 Å². The van der Waals surface area contributed by atoms with E-state index in [1.807, 2.05) is 0 Å². The van der Waals surface area contributed by atoms with Crippen molar-refractivity contribution < 1.29 is 20.6 Å². The molecule has 0 spiro atoms. The fourth-order valence-electron chi connectivity index (χ4n) is 2.48. The van der Waals surface area contributed by atoms with Gasteiger partial charge < -0.3 is 20.6 Å². The molecule has 0 aliphatic rings. The summed E-state index contributed by atoms with van der Waals surface area (Å²) in [6.07, 6.45) is 0. The van der Waals surface area contributed by atoms with Gasteiger partial charge in [0.2, 0.25) is 0 Å². The van der Waals surface area contributed by atoms with E-state index in [2.05, 4.69) is 91.7 Å². The van der Waals surface area contributed by atoms with E-state index >= 15 is 0 Å². The SMILES string of the molecule is C[SiH](C)O[Si](C)(C)O[SiH](C)C.C[SiH](O[SiH](C)O[Si](C)(C)C)O[Si](C)(C)C. The highest BCUT2D eigenvalue weighted by Gasteiger charge is 2.27. The zero-order valence-corrected chi connectivity index (χ0v) is 27.5. The molecule has 26 heavy (non-hydrogen) atoms. The van der Waals surface area contributed by atoms with Crippen LogP contribution in [0, 0.1) is 0 Å². The molecular weight excluding hydrogens is 445 g/mol. The molecular formula is C14H46O5Si7. The monoisotopic (exact) mass is 490 g/mol. The van der Waals surface area contributed by atoms with Crippen molar-refractivity contribution in [1.29, 1.82) is 0 Å². The second-order valence-electron chi connectivity index (χ2n) is 9.46. The summed E-state index contributed by atoms with van der Waals surface area (Å²) in [6.45, 7) is 30.5. The van der Waals surface area contributed by atoms with Gasteiger partial charge in [0.05, 0.1) is 0 Å². The summed E-state index contributed by atoms with van der Waals surface area (Å²) >= 11 is 0. The molecule has 0 aliphatic heterocycles. The van der Waals surface area contributed by atoms with Crippen LogP contribution in [0.15, 0.2) is 0 Å². The van der Waals surface area contributed by atoms with Crippen molar-refractivity contribution >= 4 is 61.8 Å². The van der Waals surface area contributed by atoms with Crippen LogP contribution in [0.25, 0.3) is 0 Å². The molecule has 160 valence electrons. The minimum absolute atomic E-state index is 0.895. The highest BCUT2D eigenvalue weighted by Crippen LogP contribution is 2.10. The van der Waals surface area contributed by atoms with E-state index in [-0.39, 0.29) is 0 Å². The maximum absolute atomic E-state index is 5.95. The van der Waals surface area contributed by atoms with Crippen LogP contribution < -0.4 is 0 Å². The fourth-order valence-corrected chi connectivity index (χ4v) is 23.9. The number of rotatable bonds is 10. The molecule has 0 aromatic rings. The predicted molar refractivity (Wildman–Crippen MR) is 133 cm³/mol. The summed E-state index contributed by atoms with van der Waals surface area (Å²) in [4.78, 5) is 0. The number of hydrogen-bond donors (Lipinski definition) is 0. The first-order chi connectivity index (χ1) is 11.3. The van der Waals surface area contributed by atoms with Crippen molar-refractivity contribution in [3.05, 3.63) is 0 Å². The molecule has 0 amide bonds. The third-order valence-electron chi connectivity index (χ3n) is 2.46. The zero-order chi connectivity index (χ0) is 21.3. The molecule has 12 heteroatoms. The average molecular weight is 491 g/mol. The summed E-state index contributed by atoms with van der Waals surface area (Å²) < 4.78 is 29.5. The van der Waals surface area contributed by atoms with Crippen LogP contribution in [0.4, 0.5) is 0 Å². The quantitative estimate of drug-likeness (QED) is 0.431. The van der Waals surface area contributed by atoms with Crippen molar-refractivity contribution in [2.24, 2.45) is 0 Å². The second-order valence-corrected chi connectivity index (χ2v) is 32.0. The summed E-state index contributed by atoms with van der Waals surface area (Å²) in [5.41, 5.74) is 0. The van der Waals surface area contributed by atoms with Gasteiger partial charge in [0, 0.05) is 0 Å². The van der Waals surface area contributed by atoms with Crippen LogP contribution in [-0.4, -0.2) is 61.8 Å². The van der Waals surface area contributed by atoms with Crippen LogP contribution in [0.3, 0.4) is 0 Å². The summed E-state index contributed by atoms with van der Waals surface area (Å²) in [7, 11) is -9.27. The van der Waals surface area contributed by atoms with E-state index in [9.17, 15) is 0 Å². The van der Waals surface area contributed by atoms with Gasteiger partial charge in [0.1, 0.15) is 0 Å². The van der Waals surface area contributed by atoms with E-state index in [0.717, 1.165) is 0 Å². The maximum Gasteiger partial charge on any atom is 0.310 e. The Hall–Kier alpha value is 1.32. The zero-order valence-electron chi connectivity index (χ0n) is 19.9. The van der Waals surface area contributed by atoms with Gasteiger partial charge in [-0.25, -0.2) is 0 Å². The normalized spacial score (nSPS) is 15.7. The molecule has 0 rings (SSSR count). The Balaban J connectivity index is 0. The standard InChI is InChI=1S/C8H26O3Si4.C6H20O2Si3/c1-12(10-14(3,4)5)9-13(2)11-15(6,7)8;1-9(2)7-11(5,6)8-10(3)4/h12-13H,1-8H3;9-10H,1-6H3. The molecule has 2 unspecified atom stereocenters. The Morgan fingerprint density at radius 3 is 0.923 bits per heavy atom. The molecule has 0 N–H and O–H groups in total. The fraction of sp³-hybridized carbons (Fsp3) is 1.00. The summed E-state index contributed by atoms with van der Waals surface area (Å²) in [5.74, 6) is 0. The lowest BCUT2D eigenvalue weighted by atomic mass is 11.8. The number of hydrogen-bond acceptors (Lipinski definition) is 5. The van der Waals surface area contributed by atoms with Gasteiger partial charge in [0.25, 0.3) is 18.6 Å². The van der Waals surface area contributed by atoms with Crippen molar-refractivity contribution in [3.8, 4) is 0 Å². The maximum atomic E-state index is 5.95. The molecule has 0 fully saturated rings. The molecule has 0 heterocycles. The Kier molecular flexibility index (Phi) is 14.5. The molecule has 0 saturated heterocycles. The Labute approximate surface area is 173 Å². The van der Waals surface area contributed by atoms with Gasteiger partial charge in [0.15, 0.2) is 34.7 Å². The summed E-state index contributed by atoms with van der Waals surface area (Å²) in [6, 6.07) is 0. The minimum Gasteiger partial charge on any atom is -0.440 e. The second kappa shape index (κ2) is 12.8. The van der Waals surface area contributed by atoms with Crippen LogP contribution >= 0.6 is 0 Å². The van der Waals surface area contributed by atoms with E-state index in [1.165, 1.54) is 0 Å². The molecule has 0 aromatic heterocycles.